The first-order valence-electron chi connectivity index (χ1n) is 3.41. The highest BCUT2D eigenvalue weighted by Crippen LogP contribution is 1.88. The minimum Gasteiger partial charge on any atom is -0.478 e. The van der Waals surface area contributed by atoms with Crippen LogP contribution in [0.5, 0.6) is 0 Å². The fraction of sp³-hybridized carbons (Fsp3) is 0.500. The Morgan fingerprint density at radius 2 is 2.08 bits per heavy atom. The molecule has 0 amide bonds. The van der Waals surface area contributed by atoms with Crippen molar-refractivity contribution >= 4 is 16.1 Å². The van der Waals surface area contributed by atoms with Crippen molar-refractivity contribution in [2.75, 3.05) is 12.3 Å². The van der Waals surface area contributed by atoms with Gasteiger partial charge in [0, 0.05) is 18.3 Å². The van der Waals surface area contributed by atoms with Gasteiger partial charge >= 0.3 is 5.97 Å². The van der Waals surface area contributed by atoms with E-state index in [1.54, 1.807) is 0 Å². The van der Waals surface area contributed by atoms with Crippen LogP contribution in [-0.4, -0.2) is 36.3 Å². The van der Waals surface area contributed by atoms with E-state index in [0.717, 1.165) is 0 Å². The predicted molar refractivity (Wildman–Crippen MR) is 45.8 cm³/mol. The van der Waals surface area contributed by atoms with E-state index in [4.69, 9.17) is 9.66 Å². The quantitative estimate of drug-likeness (QED) is 0.319. The predicted octanol–water partition coefficient (Wildman–Crippen LogP) is -0.548. The molecule has 3 N–H and O–H groups in total. The summed E-state index contributed by atoms with van der Waals surface area (Å²) in [6.07, 6.45) is 1.17. The van der Waals surface area contributed by atoms with Gasteiger partial charge in [0.1, 0.15) is 0 Å². The number of nitrogens with one attached hydrogen (secondary N) is 1. The number of carboxylic acid groups (broad SMARTS) is 1. The van der Waals surface area contributed by atoms with Crippen molar-refractivity contribution in [2.45, 2.75) is 6.92 Å². The smallest absolute Gasteiger partial charge is 0.332 e. The second-order valence-electron chi connectivity index (χ2n) is 2.37. The third-order valence-electron chi connectivity index (χ3n) is 1.16. The Hall–Kier alpha value is -1.08. The maximum Gasteiger partial charge on any atom is 0.332 e. The van der Waals surface area contributed by atoms with Crippen molar-refractivity contribution in [3.63, 3.8) is 0 Å². The van der Waals surface area contributed by atoms with E-state index in [0.29, 0.717) is 0 Å². The fourth-order valence-electron chi connectivity index (χ4n) is 0.475. The fourth-order valence-corrected chi connectivity index (χ4v) is 0.851. The molecular weight excluding hydrogens is 198 g/mol. The molecule has 0 fully saturated rings. The van der Waals surface area contributed by atoms with Crippen molar-refractivity contribution in [3.05, 3.63) is 11.8 Å². The maximum absolute atomic E-state index is 10.2. The lowest BCUT2D eigenvalue weighted by Gasteiger charge is -1.98. The van der Waals surface area contributed by atoms with Crippen molar-refractivity contribution in [1.29, 1.82) is 0 Å². The Balaban J connectivity index is 3.81. The molecule has 0 unspecified atom stereocenters. The standard InChI is InChI=1S/C6H11NO5S/c1-5(6(8)9)4-7-2-3-13(10,11)12/h4,7H,2-3H2,1H3,(H,8,9)(H,10,11,12). The highest BCUT2D eigenvalue weighted by atomic mass is 32.2. The summed E-state index contributed by atoms with van der Waals surface area (Å²) in [6, 6.07) is 0. The van der Waals surface area contributed by atoms with E-state index in [-0.39, 0.29) is 12.1 Å². The summed E-state index contributed by atoms with van der Waals surface area (Å²) in [5, 5.41) is 10.8. The van der Waals surface area contributed by atoms with E-state index < -0.39 is 21.8 Å². The van der Waals surface area contributed by atoms with E-state index in [9.17, 15) is 13.2 Å². The molecule has 0 aromatic carbocycles. The molecule has 0 radical (unpaired) electrons. The molecule has 0 bridgehead atoms. The Kier molecular flexibility index (Phi) is 4.43. The molecule has 13 heavy (non-hydrogen) atoms. The molecule has 0 aromatic rings. The van der Waals surface area contributed by atoms with Crippen LogP contribution in [0.1, 0.15) is 6.92 Å². The number of carboxylic acids is 1. The summed E-state index contributed by atoms with van der Waals surface area (Å²) in [7, 11) is -3.98. The summed E-state index contributed by atoms with van der Waals surface area (Å²) >= 11 is 0. The average molecular weight is 209 g/mol. The lowest BCUT2D eigenvalue weighted by atomic mass is 10.3. The number of hydrogen-bond donors (Lipinski definition) is 3. The third kappa shape index (κ3) is 7.29. The molecule has 0 saturated heterocycles. The van der Waals surface area contributed by atoms with Crippen LogP contribution in [0, 0.1) is 0 Å². The minimum atomic E-state index is -3.98. The Morgan fingerprint density at radius 3 is 2.46 bits per heavy atom. The molecule has 0 heterocycles. The van der Waals surface area contributed by atoms with Gasteiger partial charge in [-0.3, -0.25) is 4.55 Å². The largest absolute Gasteiger partial charge is 0.478 e. The molecule has 0 aliphatic rings. The van der Waals surface area contributed by atoms with Gasteiger partial charge in [0.15, 0.2) is 0 Å². The Bertz CT molecular complexity index is 305. The molecule has 0 rings (SSSR count). The van der Waals surface area contributed by atoms with Crippen molar-refractivity contribution in [2.24, 2.45) is 0 Å². The van der Waals surface area contributed by atoms with E-state index >= 15 is 0 Å². The monoisotopic (exact) mass is 209 g/mol. The Labute approximate surface area is 76.0 Å². The molecule has 0 saturated carbocycles. The first-order valence-corrected chi connectivity index (χ1v) is 5.02. The molecule has 7 heteroatoms. The highest BCUT2D eigenvalue weighted by Gasteiger charge is 2.02. The summed E-state index contributed by atoms with van der Waals surface area (Å²) in [5.41, 5.74) is 0.0651. The molecule has 6 nitrogen and oxygen atoms in total. The first-order chi connectivity index (χ1) is 5.83. The minimum absolute atomic E-state index is 0.0244. The van der Waals surface area contributed by atoms with Gasteiger partial charge in [-0.2, -0.15) is 8.42 Å². The first kappa shape index (κ1) is 11.9. The molecule has 0 spiro atoms. The summed E-state index contributed by atoms with van der Waals surface area (Å²) < 4.78 is 28.7. The summed E-state index contributed by atoms with van der Waals surface area (Å²) in [4.78, 5) is 10.2. The highest BCUT2D eigenvalue weighted by molar-refractivity contribution is 7.85. The lowest BCUT2D eigenvalue weighted by Crippen LogP contribution is -2.19. The normalized spacial score (nSPS) is 12.6. The van der Waals surface area contributed by atoms with Crippen LogP contribution in [0.15, 0.2) is 11.8 Å². The molecule has 0 atom stereocenters. The SMILES string of the molecule is CC(=CNCCS(=O)(=O)O)C(=O)O. The molecule has 0 aromatic heterocycles. The van der Waals surface area contributed by atoms with Crippen LogP contribution in [0.25, 0.3) is 0 Å². The second-order valence-corrected chi connectivity index (χ2v) is 3.94. The van der Waals surface area contributed by atoms with Crippen molar-refractivity contribution < 1.29 is 22.9 Å². The molecular formula is C6H11NO5S. The van der Waals surface area contributed by atoms with Gasteiger partial charge in [0.25, 0.3) is 10.1 Å². The van der Waals surface area contributed by atoms with Crippen LogP contribution < -0.4 is 5.32 Å². The number of hydrogen-bond acceptors (Lipinski definition) is 4. The maximum atomic E-state index is 10.2. The topological polar surface area (TPSA) is 104 Å². The lowest BCUT2D eigenvalue weighted by molar-refractivity contribution is -0.132. The van der Waals surface area contributed by atoms with Crippen LogP contribution in [0.4, 0.5) is 0 Å². The molecule has 0 aliphatic carbocycles. The van der Waals surface area contributed by atoms with Crippen LogP contribution in [0.2, 0.25) is 0 Å². The van der Waals surface area contributed by atoms with Gasteiger partial charge in [-0.05, 0) is 6.92 Å². The van der Waals surface area contributed by atoms with Crippen molar-refractivity contribution in [3.8, 4) is 0 Å². The Morgan fingerprint density at radius 1 is 1.54 bits per heavy atom. The average Bonchev–Trinajstić information content (AvgIpc) is 1.95. The molecule has 76 valence electrons. The van der Waals surface area contributed by atoms with E-state index in [1.165, 1.54) is 13.1 Å². The third-order valence-corrected chi connectivity index (χ3v) is 1.88. The molecule has 0 aliphatic heterocycles. The zero-order chi connectivity index (χ0) is 10.5. The number of aliphatic carboxylic acids is 1. The summed E-state index contributed by atoms with van der Waals surface area (Å²) in [6.45, 7) is 1.34. The van der Waals surface area contributed by atoms with E-state index in [2.05, 4.69) is 5.32 Å². The van der Waals surface area contributed by atoms with Gasteiger partial charge in [0.2, 0.25) is 0 Å². The van der Waals surface area contributed by atoms with E-state index in [1.807, 2.05) is 0 Å². The van der Waals surface area contributed by atoms with Gasteiger partial charge in [-0.15, -0.1) is 0 Å². The zero-order valence-electron chi connectivity index (χ0n) is 7.02. The van der Waals surface area contributed by atoms with Crippen LogP contribution in [-0.2, 0) is 14.9 Å². The zero-order valence-corrected chi connectivity index (χ0v) is 7.84. The van der Waals surface area contributed by atoms with Gasteiger partial charge < -0.3 is 10.4 Å². The second kappa shape index (κ2) is 4.83. The van der Waals surface area contributed by atoms with Crippen LogP contribution >= 0.6 is 0 Å². The van der Waals surface area contributed by atoms with Crippen LogP contribution in [0.3, 0.4) is 0 Å². The number of carbonyl (C=O) groups is 1. The van der Waals surface area contributed by atoms with Crippen molar-refractivity contribution in [1.82, 2.24) is 5.32 Å². The van der Waals surface area contributed by atoms with Gasteiger partial charge in [0.05, 0.1) is 5.75 Å². The number of rotatable bonds is 5. The summed E-state index contributed by atoms with van der Waals surface area (Å²) in [5.74, 6) is -1.53. The van der Waals surface area contributed by atoms with Gasteiger partial charge in [-0.1, -0.05) is 0 Å². The van der Waals surface area contributed by atoms with Gasteiger partial charge in [-0.25, -0.2) is 4.79 Å².